The van der Waals surface area contributed by atoms with Crippen LogP contribution in [0.15, 0.2) is 0 Å². The summed E-state index contributed by atoms with van der Waals surface area (Å²) in [5.41, 5.74) is 0. The molecular weight excluding hydrogens is 219 g/mol. The fourth-order valence-electron chi connectivity index (χ4n) is 0.221. The molecule has 0 amide bonds. The van der Waals surface area contributed by atoms with Crippen LogP contribution in [-0.2, 0) is 23.1 Å². The molecule has 0 aliphatic heterocycles. The van der Waals surface area contributed by atoms with Gasteiger partial charge in [-0.3, -0.25) is 4.18 Å². The van der Waals surface area contributed by atoms with E-state index in [-0.39, 0.29) is 0 Å². The Bertz CT molecular complexity index is 305. The molecule has 3 N–H and O–H groups in total. The van der Waals surface area contributed by atoms with Gasteiger partial charge in [-0.2, -0.15) is 8.42 Å². The van der Waals surface area contributed by atoms with Crippen molar-refractivity contribution in [3.63, 3.8) is 0 Å². The van der Waals surface area contributed by atoms with E-state index in [0.717, 1.165) is 0 Å². The monoisotopic (exact) mass is 222 g/mol. The maximum absolute atomic E-state index is 10.1. The van der Waals surface area contributed by atoms with Crippen LogP contribution in [0.2, 0.25) is 0 Å². The van der Waals surface area contributed by atoms with Crippen molar-refractivity contribution in [2.45, 2.75) is 0 Å². The Kier molecular flexibility index (Phi) is 3.18. The van der Waals surface area contributed by atoms with Gasteiger partial charge in [-0.25, -0.2) is 9.36 Å². The van der Waals surface area contributed by atoms with E-state index in [1.807, 2.05) is 0 Å². The Hall–Kier alpha value is -0.670. The average molecular weight is 222 g/mol. The molecule has 0 rings (SSSR count). The predicted molar refractivity (Wildman–Crippen MR) is 31.2 cm³/mol. The van der Waals surface area contributed by atoms with Crippen molar-refractivity contribution in [2.24, 2.45) is 0 Å². The molecule has 0 spiro atoms. The number of hydrogen-bond acceptors (Lipinski definition) is 6. The number of phosphoric acid groups is 1. The fourth-order valence-corrected chi connectivity index (χ4v) is 1.47. The van der Waals surface area contributed by atoms with Gasteiger partial charge in [0, 0.05) is 0 Å². The molecule has 72 valence electrons. The van der Waals surface area contributed by atoms with Crippen LogP contribution in [0.3, 0.4) is 0 Å². The molecule has 0 aromatic carbocycles. The molecule has 0 saturated heterocycles. The van der Waals surface area contributed by atoms with Crippen LogP contribution in [0.1, 0.15) is 0 Å². The Labute approximate surface area is 66.1 Å². The molecule has 11 heteroatoms. The zero-order chi connectivity index (χ0) is 9.99. The molecule has 0 saturated carbocycles. The van der Waals surface area contributed by atoms with Crippen LogP contribution < -0.4 is 0 Å². The summed E-state index contributed by atoms with van der Waals surface area (Å²) >= 11 is 0. The zero-order valence-corrected chi connectivity index (χ0v) is 6.86. The van der Waals surface area contributed by atoms with Crippen LogP contribution >= 0.6 is 7.82 Å². The maximum Gasteiger partial charge on any atom is 0.523 e. The van der Waals surface area contributed by atoms with Gasteiger partial charge in [0.2, 0.25) is 0 Å². The molecule has 0 radical (unpaired) electrons. The van der Waals surface area contributed by atoms with Crippen molar-refractivity contribution < 1.29 is 40.8 Å². The van der Waals surface area contributed by atoms with Gasteiger partial charge in [0.05, 0.1) is 0 Å². The minimum atomic E-state index is -5.32. The molecular formula is CH3O9PS. The molecule has 0 aromatic heterocycles. The highest BCUT2D eigenvalue weighted by atomic mass is 32.3. The van der Waals surface area contributed by atoms with Crippen LogP contribution in [0, 0.1) is 0 Å². The van der Waals surface area contributed by atoms with Crippen molar-refractivity contribution in [2.75, 3.05) is 0 Å². The van der Waals surface area contributed by atoms with E-state index in [4.69, 9.17) is 14.9 Å². The third kappa shape index (κ3) is 6.07. The Balaban J connectivity index is 4.47. The van der Waals surface area contributed by atoms with Gasteiger partial charge in [0.1, 0.15) is 0 Å². The lowest BCUT2D eigenvalue weighted by Gasteiger charge is -2.02. The highest BCUT2D eigenvalue weighted by Crippen LogP contribution is 2.38. The van der Waals surface area contributed by atoms with Gasteiger partial charge in [-0.05, 0) is 0 Å². The van der Waals surface area contributed by atoms with Crippen molar-refractivity contribution >= 4 is 24.4 Å². The summed E-state index contributed by atoms with van der Waals surface area (Å²) in [6, 6.07) is 0. The second-order valence-electron chi connectivity index (χ2n) is 1.32. The van der Waals surface area contributed by atoms with E-state index in [1.54, 1.807) is 0 Å². The summed E-state index contributed by atoms with van der Waals surface area (Å²) < 4.78 is 36.1. The first-order valence-electron chi connectivity index (χ1n) is 2.06. The molecule has 0 unspecified atom stereocenters. The van der Waals surface area contributed by atoms with E-state index in [1.165, 1.54) is 0 Å². The Morgan fingerprint density at radius 1 is 1.33 bits per heavy atom. The van der Waals surface area contributed by atoms with Crippen molar-refractivity contribution in [3.05, 3.63) is 0 Å². The zero-order valence-electron chi connectivity index (χ0n) is 5.15. The Morgan fingerprint density at radius 3 is 2.00 bits per heavy atom. The molecule has 0 aromatic rings. The molecule has 0 aliphatic carbocycles. The van der Waals surface area contributed by atoms with E-state index < -0.39 is 24.4 Å². The number of hydrogen-bond donors (Lipinski definition) is 3. The summed E-state index contributed by atoms with van der Waals surface area (Å²) in [6.07, 6.45) is -2.26. The lowest BCUT2D eigenvalue weighted by molar-refractivity contribution is 0.140. The molecule has 0 atom stereocenters. The summed E-state index contributed by atoms with van der Waals surface area (Å²) in [7, 11) is -10.5. The lowest BCUT2D eigenvalue weighted by atomic mass is 11.5. The normalized spacial score (nSPS) is 12.5. The quantitative estimate of drug-likeness (QED) is 0.513. The number of carboxylic acid groups (broad SMARTS) is 1. The third-order valence-electron chi connectivity index (χ3n) is 0.362. The first-order chi connectivity index (χ1) is 5.12. The van der Waals surface area contributed by atoms with E-state index in [0.29, 0.717) is 0 Å². The predicted octanol–water partition coefficient (Wildman–Crippen LogP) is -0.965. The summed E-state index contributed by atoms with van der Waals surface area (Å²) in [4.78, 5) is 25.4. The fraction of sp³-hybridized carbons (Fsp3) is 0. The minimum absolute atomic E-state index is 2.26. The maximum atomic E-state index is 10.1. The molecule has 0 aliphatic rings. The standard InChI is InChI=1S/CH3O9PS/c2-1(3)9-12(7,8)10-11(4,5)6/h(H,2,3)(H2,4,5,6). The lowest BCUT2D eigenvalue weighted by Crippen LogP contribution is -2.12. The SMILES string of the molecule is O=C(O)OS(=O)(=O)OP(=O)(O)O. The largest absolute Gasteiger partial charge is 0.523 e. The molecule has 9 nitrogen and oxygen atoms in total. The van der Waals surface area contributed by atoms with E-state index in [9.17, 15) is 17.8 Å². The van der Waals surface area contributed by atoms with Gasteiger partial charge < -0.3 is 14.9 Å². The van der Waals surface area contributed by atoms with Crippen LogP contribution in [0.5, 0.6) is 0 Å². The van der Waals surface area contributed by atoms with Gasteiger partial charge in [0.25, 0.3) is 0 Å². The highest BCUT2D eigenvalue weighted by molar-refractivity contribution is 7.86. The summed E-state index contributed by atoms with van der Waals surface area (Å²) in [5, 5.41) is 7.71. The molecule has 12 heavy (non-hydrogen) atoms. The average Bonchev–Trinajstić information content (AvgIpc) is 1.48. The van der Waals surface area contributed by atoms with Crippen molar-refractivity contribution in [3.8, 4) is 0 Å². The third-order valence-corrected chi connectivity index (χ3v) is 2.22. The smallest absolute Gasteiger partial charge is 0.449 e. The molecule has 0 bridgehead atoms. The number of rotatable bonds is 3. The summed E-state index contributed by atoms with van der Waals surface area (Å²) in [6.45, 7) is 0. The van der Waals surface area contributed by atoms with Crippen LogP contribution in [0.4, 0.5) is 4.79 Å². The van der Waals surface area contributed by atoms with Crippen LogP contribution in [0.25, 0.3) is 0 Å². The van der Waals surface area contributed by atoms with Gasteiger partial charge in [-0.15, -0.1) is 3.97 Å². The second-order valence-corrected chi connectivity index (χ2v) is 3.88. The molecule has 0 fully saturated rings. The molecule has 0 heterocycles. The van der Waals surface area contributed by atoms with E-state index >= 15 is 0 Å². The topological polar surface area (TPSA) is 147 Å². The highest BCUT2D eigenvalue weighted by Gasteiger charge is 2.29. The van der Waals surface area contributed by atoms with Gasteiger partial charge in [0.15, 0.2) is 0 Å². The van der Waals surface area contributed by atoms with Crippen LogP contribution in [-0.4, -0.2) is 29.5 Å². The van der Waals surface area contributed by atoms with Crippen molar-refractivity contribution in [1.82, 2.24) is 0 Å². The first kappa shape index (κ1) is 11.3. The van der Waals surface area contributed by atoms with Crippen molar-refractivity contribution in [1.29, 1.82) is 0 Å². The van der Waals surface area contributed by atoms with Gasteiger partial charge >= 0.3 is 24.4 Å². The Morgan fingerprint density at radius 2 is 1.75 bits per heavy atom. The minimum Gasteiger partial charge on any atom is -0.449 e. The second kappa shape index (κ2) is 3.37. The van der Waals surface area contributed by atoms with E-state index in [2.05, 4.69) is 8.15 Å². The first-order valence-corrected chi connectivity index (χ1v) is 4.93. The summed E-state index contributed by atoms with van der Waals surface area (Å²) in [5.74, 6) is 0. The number of carbonyl (C=O) groups is 1. The van der Waals surface area contributed by atoms with Gasteiger partial charge in [-0.1, -0.05) is 0 Å².